The smallest absolute Gasteiger partial charge is 0.343 e. The minimum atomic E-state index is -0.715. The van der Waals surface area contributed by atoms with Crippen LogP contribution in [0.1, 0.15) is 62.2 Å². The fourth-order valence-electron chi connectivity index (χ4n) is 5.71. The van der Waals surface area contributed by atoms with Crippen LogP contribution in [-0.4, -0.2) is 53.5 Å². The number of aromatic nitrogens is 7. The van der Waals surface area contributed by atoms with E-state index in [1.807, 2.05) is 54.6 Å². The van der Waals surface area contributed by atoms with Gasteiger partial charge in [0.1, 0.15) is 5.82 Å². The molecule has 12 heteroatoms. The number of hydrogen-bond donors (Lipinski definition) is 1. The molecular weight excluding hydrogens is 610 g/mol. The molecule has 0 saturated carbocycles. The number of hydrogen-bond acceptors (Lipinski definition) is 9. The highest BCUT2D eigenvalue weighted by atomic mass is 16.7. The molecule has 246 valence electrons. The van der Waals surface area contributed by atoms with Crippen LogP contribution in [0, 0.1) is 5.41 Å². The topological polar surface area (TPSA) is 147 Å². The summed E-state index contributed by atoms with van der Waals surface area (Å²) in [6.45, 7) is 7.27. The fourth-order valence-corrected chi connectivity index (χ4v) is 5.71. The molecule has 0 aliphatic heterocycles. The quantitative estimate of drug-likeness (QED) is 0.143. The van der Waals surface area contributed by atoms with E-state index in [9.17, 15) is 14.4 Å². The molecule has 0 bridgehead atoms. The van der Waals surface area contributed by atoms with Crippen LogP contribution in [0.25, 0.3) is 44.6 Å². The zero-order valence-corrected chi connectivity index (χ0v) is 27.6. The summed E-state index contributed by atoms with van der Waals surface area (Å²) in [7, 11) is 1.70. The Morgan fingerprint density at radius 2 is 1.75 bits per heavy atom. The van der Waals surface area contributed by atoms with Crippen LogP contribution in [0.15, 0.2) is 71.5 Å². The van der Waals surface area contributed by atoms with Gasteiger partial charge in [0.25, 0.3) is 5.56 Å². The van der Waals surface area contributed by atoms with Gasteiger partial charge in [0.05, 0.1) is 27.4 Å². The number of aromatic amines is 1. The van der Waals surface area contributed by atoms with Gasteiger partial charge in [0.2, 0.25) is 12.6 Å². The zero-order chi connectivity index (χ0) is 34.0. The maximum Gasteiger partial charge on any atom is 0.343 e. The first-order chi connectivity index (χ1) is 23.1. The predicted octanol–water partition coefficient (Wildman–Crippen LogP) is 5.83. The number of fused-ring (bicyclic) bond motifs is 2. The molecule has 6 rings (SSSR count). The third kappa shape index (κ3) is 6.33. The summed E-state index contributed by atoms with van der Waals surface area (Å²) in [5.74, 6) is -0.162. The molecule has 0 aliphatic rings. The van der Waals surface area contributed by atoms with Crippen LogP contribution in [0.3, 0.4) is 0 Å². The number of nitrogens with one attached hydrogen (secondary N) is 1. The molecule has 0 amide bonds. The highest BCUT2D eigenvalue weighted by Gasteiger charge is 2.24. The SMILES string of the molecule is CCCCc1cc2cccc(C(=O)OCOC(=O)C(C)(C)C)c2n1Cc1ccc2nc(-c3ccccc3-c3nn[nH]n3)n(C)c(=O)c2c1. The number of esters is 2. The zero-order valence-electron chi connectivity index (χ0n) is 27.6. The van der Waals surface area contributed by atoms with Crippen molar-refractivity contribution in [1.29, 1.82) is 0 Å². The number of carbonyl (C=O) groups is 2. The lowest BCUT2D eigenvalue weighted by Gasteiger charge is -2.17. The van der Waals surface area contributed by atoms with Crippen molar-refractivity contribution < 1.29 is 19.1 Å². The second-order valence-electron chi connectivity index (χ2n) is 12.7. The molecule has 0 saturated heterocycles. The van der Waals surface area contributed by atoms with Gasteiger partial charge in [-0.1, -0.05) is 55.8 Å². The maximum atomic E-state index is 13.8. The molecule has 1 N–H and O–H groups in total. The van der Waals surface area contributed by atoms with Crippen molar-refractivity contribution in [3.05, 3.63) is 93.9 Å². The van der Waals surface area contributed by atoms with Crippen molar-refractivity contribution in [2.45, 2.75) is 53.5 Å². The van der Waals surface area contributed by atoms with Gasteiger partial charge in [-0.3, -0.25) is 14.2 Å². The Morgan fingerprint density at radius 3 is 2.48 bits per heavy atom. The number of rotatable bonds is 10. The molecular formula is C36H37N7O5. The minimum Gasteiger partial charge on any atom is -0.427 e. The molecule has 0 atom stereocenters. The molecule has 0 unspecified atom stereocenters. The monoisotopic (exact) mass is 647 g/mol. The number of para-hydroxylation sites is 1. The Bertz CT molecular complexity index is 2190. The summed E-state index contributed by atoms with van der Waals surface area (Å²) in [6, 6.07) is 20.7. The van der Waals surface area contributed by atoms with E-state index < -0.39 is 24.1 Å². The third-order valence-electron chi connectivity index (χ3n) is 8.24. The molecule has 6 aromatic rings. The van der Waals surface area contributed by atoms with Crippen LogP contribution >= 0.6 is 0 Å². The van der Waals surface area contributed by atoms with Gasteiger partial charge < -0.3 is 14.0 Å². The van der Waals surface area contributed by atoms with E-state index in [1.54, 1.807) is 33.9 Å². The number of benzene rings is 3. The Morgan fingerprint density at radius 1 is 0.958 bits per heavy atom. The summed E-state index contributed by atoms with van der Waals surface area (Å²) in [6.07, 6.45) is 2.78. The van der Waals surface area contributed by atoms with E-state index in [4.69, 9.17) is 14.5 Å². The van der Waals surface area contributed by atoms with Gasteiger partial charge in [0, 0.05) is 35.8 Å². The molecule has 3 aromatic carbocycles. The largest absolute Gasteiger partial charge is 0.427 e. The van der Waals surface area contributed by atoms with E-state index in [0.29, 0.717) is 45.8 Å². The lowest BCUT2D eigenvalue weighted by molar-refractivity contribution is -0.161. The third-order valence-corrected chi connectivity index (χ3v) is 8.24. The first-order valence-corrected chi connectivity index (χ1v) is 15.8. The molecule has 0 radical (unpaired) electrons. The van der Waals surface area contributed by atoms with Crippen LogP contribution in [0.4, 0.5) is 0 Å². The molecule has 3 aromatic heterocycles. The van der Waals surface area contributed by atoms with Crippen LogP contribution in [-0.2, 0) is 34.3 Å². The average molecular weight is 648 g/mol. The van der Waals surface area contributed by atoms with Gasteiger partial charge in [-0.25, -0.2) is 9.78 Å². The van der Waals surface area contributed by atoms with E-state index >= 15 is 0 Å². The molecule has 3 heterocycles. The van der Waals surface area contributed by atoms with Crippen molar-refractivity contribution in [1.82, 2.24) is 34.7 Å². The van der Waals surface area contributed by atoms with Crippen LogP contribution < -0.4 is 5.56 Å². The number of nitrogens with zero attached hydrogens (tertiary/aromatic N) is 6. The van der Waals surface area contributed by atoms with Crippen molar-refractivity contribution in [3.63, 3.8) is 0 Å². The first-order valence-electron chi connectivity index (χ1n) is 15.8. The Balaban J connectivity index is 1.37. The van der Waals surface area contributed by atoms with Crippen molar-refractivity contribution in [2.24, 2.45) is 12.5 Å². The molecule has 0 spiro atoms. The van der Waals surface area contributed by atoms with Gasteiger partial charge in [-0.05, 0) is 68.7 Å². The molecule has 12 nitrogen and oxygen atoms in total. The van der Waals surface area contributed by atoms with E-state index in [2.05, 4.69) is 38.2 Å². The average Bonchev–Trinajstić information content (AvgIpc) is 3.74. The number of unbranched alkanes of at least 4 members (excludes halogenated alkanes) is 1. The number of H-pyrrole nitrogens is 1. The number of tetrazole rings is 1. The number of carbonyl (C=O) groups excluding carboxylic acids is 2. The van der Waals surface area contributed by atoms with Crippen molar-refractivity contribution in [2.75, 3.05) is 6.79 Å². The van der Waals surface area contributed by atoms with Crippen molar-refractivity contribution >= 4 is 33.7 Å². The second kappa shape index (κ2) is 13.2. The summed E-state index contributed by atoms with van der Waals surface area (Å²) >= 11 is 0. The Labute approximate surface area is 276 Å². The lowest BCUT2D eigenvalue weighted by atomic mass is 9.98. The maximum absolute atomic E-state index is 13.8. The standard InChI is InChI=1S/C36H37N7O5/c1-6-7-12-24-19-23-11-10-15-27(34(45)47-21-48-35(46)36(2,3)4)30(23)43(24)20-22-16-17-29-28(18-22)33(44)42(5)32(37-29)26-14-9-8-13-25(26)31-38-40-41-39-31/h8-11,13-19H,6-7,12,20-21H2,1-5H3,(H,38,39,40,41). The predicted molar refractivity (Wildman–Crippen MR) is 181 cm³/mol. The molecule has 0 aliphatic carbocycles. The summed E-state index contributed by atoms with van der Waals surface area (Å²) in [5, 5.41) is 15.8. The van der Waals surface area contributed by atoms with Crippen LogP contribution in [0.5, 0.6) is 0 Å². The van der Waals surface area contributed by atoms with E-state index in [1.165, 1.54) is 4.57 Å². The van der Waals surface area contributed by atoms with Gasteiger partial charge in [-0.2, -0.15) is 5.21 Å². The Hall–Kier alpha value is -5.65. The van der Waals surface area contributed by atoms with Gasteiger partial charge in [0.15, 0.2) is 0 Å². The van der Waals surface area contributed by atoms with Crippen LogP contribution in [0.2, 0.25) is 0 Å². The van der Waals surface area contributed by atoms with E-state index in [0.717, 1.165) is 41.4 Å². The highest BCUT2D eigenvalue weighted by molar-refractivity contribution is 6.03. The Kier molecular flexibility index (Phi) is 8.90. The first kappa shape index (κ1) is 32.3. The summed E-state index contributed by atoms with van der Waals surface area (Å²) < 4.78 is 14.2. The summed E-state index contributed by atoms with van der Waals surface area (Å²) in [4.78, 5) is 44.2. The highest BCUT2D eigenvalue weighted by Crippen LogP contribution is 2.30. The summed E-state index contributed by atoms with van der Waals surface area (Å²) in [5.41, 5.74) is 4.06. The lowest BCUT2D eigenvalue weighted by Crippen LogP contribution is -2.24. The fraction of sp³-hybridized carbons (Fsp3) is 0.306. The molecule has 0 fully saturated rings. The molecule has 48 heavy (non-hydrogen) atoms. The number of aryl methyl sites for hydroxylation is 1. The normalized spacial score (nSPS) is 11.7. The van der Waals surface area contributed by atoms with Gasteiger partial charge >= 0.3 is 11.9 Å². The minimum absolute atomic E-state index is 0.197. The van der Waals surface area contributed by atoms with Crippen molar-refractivity contribution in [3.8, 4) is 22.8 Å². The van der Waals surface area contributed by atoms with Gasteiger partial charge in [-0.15, -0.1) is 10.2 Å². The number of ether oxygens (including phenoxy) is 2. The van der Waals surface area contributed by atoms with E-state index in [-0.39, 0.29) is 5.56 Å². The second-order valence-corrected chi connectivity index (χ2v) is 12.7.